The highest BCUT2D eigenvalue weighted by Crippen LogP contribution is 2.18. The molecule has 0 bridgehead atoms. The van der Waals surface area contributed by atoms with Crippen molar-refractivity contribution in [3.63, 3.8) is 0 Å². The van der Waals surface area contributed by atoms with Crippen molar-refractivity contribution in [2.45, 2.75) is 294 Å². The Morgan fingerprint density at radius 3 is 0.827 bits per heavy atom. The van der Waals surface area contributed by atoms with Crippen molar-refractivity contribution in [2.75, 3.05) is 178 Å². The van der Waals surface area contributed by atoms with Crippen LogP contribution in [0.5, 0.6) is 0 Å². The Hall–Kier alpha value is -4.54. The largest absolute Gasteiger partial charge is 0.379 e. The number of ether oxygens (including phenoxy) is 12. The number of hydrogen-bond acceptors (Lipinski definition) is 22. The van der Waals surface area contributed by atoms with Crippen molar-refractivity contribution in [3.05, 3.63) is 10.4 Å². The summed E-state index contributed by atoms with van der Waals surface area (Å²) >= 11 is 0. The van der Waals surface area contributed by atoms with Gasteiger partial charge < -0.3 is 67.5 Å². The van der Waals surface area contributed by atoms with Gasteiger partial charge in [0.2, 0.25) is 11.8 Å². The molecule has 0 aromatic rings. The molecule has 26 nitrogen and oxygen atoms in total. The summed E-state index contributed by atoms with van der Waals surface area (Å²) in [5.74, 6) is 0.689. The molecule has 26 heteroatoms. The molecule has 0 saturated heterocycles. The van der Waals surface area contributed by atoms with Gasteiger partial charge in [0.1, 0.15) is 51.2 Å². The molecular weight excluding hydrogens is 1410 g/mol. The normalized spacial score (nSPS) is 11.5. The second-order valence-electron chi connectivity index (χ2n) is 30.9. The third-order valence-corrected chi connectivity index (χ3v) is 17.2. The van der Waals surface area contributed by atoms with Gasteiger partial charge in [-0.25, -0.2) is 0 Å². The molecule has 0 aromatic heterocycles. The summed E-state index contributed by atoms with van der Waals surface area (Å²) in [4.78, 5) is 109. The maximum absolute atomic E-state index is 12.0. The van der Waals surface area contributed by atoms with Crippen LogP contribution in [0.3, 0.4) is 0 Å². The number of rotatable bonds is 80. The highest BCUT2D eigenvalue weighted by molar-refractivity contribution is 5.86. The summed E-state index contributed by atoms with van der Waals surface area (Å²) in [5.41, 5.74) is 7.05. The van der Waals surface area contributed by atoms with E-state index in [0.717, 1.165) is 70.6 Å². The number of hydrogen-bond donors (Lipinski definition) is 2. The van der Waals surface area contributed by atoms with Crippen LogP contribution in [-0.4, -0.2) is 230 Å². The fourth-order valence-corrected chi connectivity index (χ4v) is 9.85. The fraction of sp³-hybridized carbons (Fsp3) is 0.893. The first-order chi connectivity index (χ1) is 52.8. The molecule has 0 radical (unpaired) electrons. The average molecular weight is 1570 g/mol. The predicted octanol–water partition coefficient (Wildman–Crippen LogP) is 15.1. The van der Waals surface area contributed by atoms with Gasteiger partial charge in [-0.2, -0.15) is 0 Å². The van der Waals surface area contributed by atoms with Crippen molar-refractivity contribution >= 4 is 52.3 Å². The topological polar surface area (TPSA) is 337 Å². The van der Waals surface area contributed by atoms with Crippen LogP contribution in [-0.2, 0) is 100.0 Å². The molecule has 0 fully saturated rings. The zero-order valence-electron chi connectivity index (χ0n) is 71.0. The second-order valence-corrected chi connectivity index (χ2v) is 30.9. The van der Waals surface area contributed by atoms with E-state index in [1.807, 2.05) is 62.3 Å². The number of unbranched alkanes of at least 4 members (excludes halogenated alkanes) is 20. The van der Waals surface area contributed by atoms with Gasteiger partial charge in [0, 0.05) is 112 Å². The third kappa shape index (κ3) is 87.4. The van der Waals surface area contributed by atoms with E-state index >= 15 is 0 Å². The molecule has 2 N–H and O–H groups in total. The first-order valence-electron chi connectivity index (χ1n) is 41.9. The average Bonchev–Trinajstić information content (AvgIpc) is 0.934. The molecule has 2 amide bonds. The summed E-state index contributed by atoms with van der Waals surface area (Å²) in [6.45, 7) is 30.1. The molecule has 0 aliphatic carbocycles. The van der Waals surface area contributed by atoms with Crippen LogP contribution in [0.25, 0.3) is 10.4 Å². The van der Waals surface area contributed by atoms with E-state index in [1.165, 1.54) is 83.5 Å². The molecule has 0 spiro atoms. The molecule has 0 aliphatic rings. The number of amides is 2. The Kier molecular flexibility index (Phi) is 80.8. The van der Waals surface area contributed by atoms with Crippen LogP contribution >= 0.6 is 0 Å². The van der Waals surface area contributed by atoms with Crippen LogP contribution in [0.1, 0.15) is 294 Å². The first-order valence-corrected chi connectivity index (χ1v) is 41.9. The zero-order valence-corrected chi connectivity index (χ0v) is 71.0. The molecule has 0 rings (SSSR count). The highest BCUT2D eigenvalue weighted by Gasteiger charge is 2.23. The lowest BCUT2D eigenvalue weighted by Gasteiger charge is -2.16. The number of carbonyl (C=O) groups excluding carboxylic acids is 9. The minimum absolute atomic E-state index is 0.00673. The Morgan fingerprint density at radius 1 is 0.264 bits per heavy atom. The van der Waals surface area contributed by atoms with E-state index in [2.05, 4.69) is 34.5 Å². The smallest absolute Gasteiger partial charge is 0.246 e. The van der Waals surface area contributed by atoms with Crippen molar-refractivity contribution in [3.8, 4) is 0 Å². The van der Waals surface area contributed by atoms with Crippen LogP contribution < -0.4 is 10.6 Å². The van der Waals surface area contributed by atoms with E-state index in [-0.39, 0.29) is 92.4 Å². The summed E-state index contributed by atoms with van der Waals surface area (Å²) in [6.07, 6.45) is 33.9. The second kappa shape index (κ2) is 81.0. The van der Waals surface area contributed by atoms with Gasteiger partial charge >= 0.3 is 0 Å². The molecule has 0 saturated carbocycles. The number of nitrogens with one attached hydrogen (secondary N) is 2. The van der Waals surface area contributed by atoms with E-state index in [4.69, 9.17) is 62.4 Å². The van der Waals surface area contributed by atoms with E-state index < -0.39 is 10.8 Å². The van der Waals surface area contributed by atoms with Crippen LogP contribution in [0.15, 0.2) is 5.11 Å². The van der Waals surface area contributed by atoms with Crippen molar-refractivity contribution < 1.29 is 100.0 Å². The van der Waals surface area contributed by atoms with Crippen molar-refractivity contribution in [1.29, 1.82) is 0 Å². The van der Waals surface area contributed by atoms with E-state index in [0.29, 0.717) is 208 Å². The minimum atomic E-state index is -0.405. The van der Waals surface area contributed by atoms with Crippen LogP contribution in [0.2, 0.25) is 0 Å². The summed E-state index contributed by atoms with van der Waals surface area (Å²) in [6, 6.07) is 0. The quantitative estimate of drug-likeness (QED) is 0.0247. The van der Waals surface area contributed by atoms with Crippen molar-refractivity contribution in [2.24, 2.45) is 21.4 Å². The lowest BCUT2D eigenvalue weighted by molar-refractivity contribution is -0.132. The Bertz CT molecular complexity index is 2290. The first kappa shape index (κ1) is 110. The number of azide groups is 1. The Balaban J connectivity index is -0.00000162. The van der Waals surface area contributed by atoms with Gasteiger partial charge in [-0.1, -0.05) is 203 Å². The summed E-state index contributed by atoms with van der Waals surface area (Å²) in [5, 5.41) is 9.07. The van der Waals surface area contributed by atoms with Crippen LogP contribution in [0, 0.1) is 16.2 Å². The van der Waals surface area contributed by atoms with Gasteiger partial charge in [-0.3, -0.25) is 43.2 Å². The third-order valence-electron chi connectivity index (χ3n) is 17.2. The molecule has 644 valence electrons. The van der Waals surface area contributed by atoms with Gasteiger partial charge in [0.15, 0.2) is 28.9 Å². The van der Waals surface area contributed by atoms with Gasteiger partial charge in [0.05, 0.1) is 92.5 Å². The minimum Gasteiger partial charge on any atom is -0.379 e. The maximum atomic E-state index is 12.0. The lowest BCUT2D eigenvalue weighted by atomic mass is 9.91. The number of Topliss-reactive ketones (excluding diaryl/α,β-unsaturated/α-hetero) is 7. The lowest BCUT2D eigenvalue weighted by Crippen LogP contribution is -2.31. The van der Waals surface area contributed by atoms with Gasteiger partial charge in [-0.15, -0.1) is 0 Å². The van der Waals surface area contributed by atoms with Gasteiger partial charge in [0.25, 0.3) is 0 Å². The maximum Gasteiger partial charge on any atom is 0.246 e. The molecule has 0 atom stereocenters. The Morgan fingerprint density at radius 2 is 0.509 bits per heavy atom. The molecule has 0 aliphatic heterocycles. The number of nitrogens with zero attached hydrogens (tertiary/aromatic N) is 3. The van der Waals surface area contributed by atoms with E-state index in [9.17, 15) is 43.2 Å². The van der Waals surface area contributed by atoms with E-state index in [1.54, 1.807) is 0 Å². The summed E-state index contributed by atoms with van der Waals surface area (Å²) in [7, 11) is 0. The molecule has 110 heavy (non-hydrogen) atoms. The monoisotopic (exact) mass is 1570 g/mol. The fourth-order valence-electron chi connectivity index (χ4n) is 9.85. The van der Waals surface area contributed by atoms with Crippen molar-refractivity contribution in [1.82, 2.24) is 10.6 Å². The molecular formula is C84H157N5O21. The molecule has 0 aromatic carbocycles. The predicted molar refractivity (Wildman–Crippen MR) is 432 cm³/mol. The number of ketones is 7. The van der Waals surface area contributed by atoms with Gasteiger partial charge in [-0.05, 0) is 56.9 Å². The zero-order chi connectivity index (χ0) is 82.1. The Labute approximate surface area is 664 Å². The molecule has 0 heterocycles. The standard InChI is InChI=1S/C35H65NO10.C27H50N4O7.C22H42O4/c1-5-6-7-8-9-10-11-12-15-31(37)16-13-19-41-23-27-46-30-34(40)36-18-21-43-24-25-44-28-32(38)17-14-20-42-22-26-45-29-33(39)35(2,3)4;1-27(2,3)25(33)23-38-21-18-35-16-11-12-24(32)22-37-20-19-36-17-15-29-26(34)13-9-7-5-4-6-8-10-14-30-31-28;1-5-6-7-8-9-10-11-12-14-20(23)15-13-16-25-17-18-26-19-21(24)22(2,3)4/h5-30H2,1-4H3,(H,36,40);4-23H2,1-3H3,(H,29,34);5-19H2,1-4H3. The van der Waals surface area contributed by atoms with Crippen LogP contribution in [0.4, 0.5) is 0 Å². The highest BCUT2D eigenvalue weighted by atomic mass is 16.5. The number of carbonyl (C=O) groups is 9. The molecule has 0 unspecified atom stereocenters. The SMILES string of the molecule is CC(C)(C)C(=O)COCCOCCCC(=O)COCCOCCNC(=O)CCCCCCCCCN=[N+]=[N-].CCCCCCCCCCC(=O)CCCOCCOCC(=O)C(C)(C)C.CCCCCCCCCCC(=O)CCCOCCOCC(=O)NCCOCCOCC(=O)CCCOCCOCC(=O)C(C)(C)C. The summed E-state index contributed by atoms with van der Waals surface area (Å²) < 4.78 is 64.5.